The van der Waals surface area contributed by atoms with Gasteiger partial charge in [0, 0.05) is 34.1 Å². The molecule has 0 radical (unpaired) electrons. The van der Waals surface area contributed by atoms with Crippen LogP contribution in [0.5, 0.6) is 6.01 Å². The van der Waals surface area contributed by atoms with Gasteiger partial charge in [-0.05, 0) is 79.1 Å². The Kier molecular flexibility index (Phi) is 11.6. The highest BCUT2D eigenvalue weighted by atomic mass is 35.5. The predicted molar refractivity (Wildman–Crippen MR) is 194 cm³/mol. The normalized spacial score (nSPS) is 13.4. The number of aromatic nitrogens is 4. The molecule has 1 aliphatic carbocycles. The maximum Gasteiger partial charge on any atom is 0.422 e. The van der Waals surface area contributed by atoms with E-state index in [0.717, 1.165) is 12.7 Å². The second-order valence-electron chi connectivity index (χ2n) is 12.2. The monoisotopic (exact) mass is 793 g/mol. The van der Waals surface area contributed by atoms with Gasteiger partial charge in [-0.3, -0.25) is 14.4 Å². The molecule has 0 saturated heterocycles. The summed E-state index contributed by atoms with van der Waals surface area (Å²) < 4.78 is 53.7. The summed E-state index contributed by atoms with van der Waals surface area (Å²) in [7, 11) is 1.09. The van der Waals surface area contributed by atoms with Gasteiger partial charge in [0.05, 0.1) is 18.8 Å². The Hall–Kier alpha value is -6.76. The van der Waals surface area contributed by atoms with Crippen LogP contribution in [0.2, 0.25) is 5.02 Å². The fourth-order valence-electron chi connectivity index (χ4n) is 5.21. The van der Waals surface area contributed by atoms with Crippen LogP contribution in [0.4, 0.5) is 36.4 Å². The van der Waals surface area contributed by atoms with E-state index in [1.165, 1.54) is 36.7 Å². The van der Waals surface area contributed by atoms with Gasteiger partial charge >= 0.3 is 30.0 Å². The van der Waals surface area contributed by atoms with E-state index < -0.39 is 60.6 Å². The third kappa shape index (κ3) is 10.3. The molecule has 3 amide bonds. The van der Waals surface area contributed by atoms with E-state index in [0.29, 0.717) is 40.7 Å². The number of alkyl halides is 3. The molecule has 16 nitrogen and oxygen atoms in total. The molecule has 2 aromatic heterocycles. The fourth-order valence-corrected chi connectivity index (χ4v) is 5.34. The number of halogens is 4. The van der Waals surface area contributed by atoms with E-state index in [9.17, 15) is 32.3 Å². The first-order valence-corrected chi connectivity index (χ1v) is 17.0. The molecule has 0 spiro atoms. The topological polar surface area (TPSA) is 212 Å². The molecule has 56 heavy (non-hydrogen) atoms. The van der Waals surface area contributed by atoms with Crippen molar-refractivity contribution in [3.63, 3.8) is 0 Å². The summed E-state index contributed by atoms with van der Waals surface area (Å²) in [6.07, 6.45) is -0.349. The van der Waals surface area contributed by atoms with Crippen LogP contribution < -0.4 is 31.3 Å². The summed E-state index contributed by atoms with van der Waals surface area (Å²) in [6, 6.07) is 17.2. The maximum absolute atomic E-state index is 13.1. The highest BCUT2D eigenvalue weighted by Crippen LogP contribution is 2.48. The van der Waals surface area contributed by atoms with E-state index in [1.807, 2.05) is 12.1 Å². The number of benzene rings is 3. The average molecular weight is 794 g/mol. The van der Waals surface area contributed by atoms with Gasteiger partial charge in [0.2, 0.25) is 17.8 Å². The van der Waals surface area contributed by atoms with Gasteiger partial charge < -0.3 is 40.5 Å². The molecule has 20 heteroatoms. The van der Waals surface area contributed by atoms with Crippen molar-refractivity contribution >= 4 is 58.6 Å². The number of esters is 1. The van der Waals surface area contributed by atoms with Gasteiger partial charge in [-0.1, -0.05) is 23.7 Å². The molecule has 1 fully saturated rings. The summed E-state index contributed by atoms with van der Waals surface area (Å²) in [5.41, 5.74) is 1.67. The number of nitrogens with zero attached hydrogens (tertiary/aromatic N) is 4. The molecule has 1 atom stereocenters. The van der Waals surface area contributed by atoms with Crippen molar-refractivity contribution < 1.29 is 46.2 Å². The Balaban J connectivity index is 1.07. The van der Waals surface area contributed by atoms with E-state index in [1.54, 1.807) is 36.4 Å². The second kappa shape index (κ2) is 16.7. The zero-order valence-electron chi connectivity index (χ0n) is 29.1. The van der Waals surface area contributed by atoms with Gasteiger partial charge in [-0.2, -0.15) is 28.1 Å². The molecule has 5 N–H and O–H groups in total. The number of rotatable bonds is 14. The summed E-state index contributed by atoms with van der Waals surface area (Å²) >= 11 is 6.03. The summed E-state index contributed by atoms with van der Waals surface area (Å²) in [5, 5.41) is 13.7. The maximum atomic E-state index is 13.1. The van der Waals surface area contributed by atoms with E-state index in [2.05, 4.69) is 46.5 Å². The third-order valence-electron chi connectivity index (χ3n) is 8.17. The van der Waals surface area contributed by atoms with Crippen LogP contribution in [0, 0.1) is 0 Å². The Morgan fingerprint density at radius 2 is 1.57 bits per heavy atom. The molecule has 290 valence electrons. The molecule has 2 heterocycles. The van der Waals surface area contributed by atoms with Gasteiger partial charge in [-0.15, -0.1) is 0 Å². The molecular weight excluding hydrogens is 763 g/mol. The van der Waals surface area contributed by atoms with E-state index >= 15 is 0 Å². The lowest BCUT2D eigenvalue weighted by molar-refractivity contribution is -0.154. The zero-order chi connectivity index (χ0) is 39.9. The minimum atomic E-state index is -4.65. The molecule has 6 rings (SSSR count). The van der Waals surface area contributed by atoms with Crippen LogP contribution >= 0.6 is 11.6 Å². The molecule has 3 aromatic carbocycles. The molecule has 1 saturated carbocycles. The number of oxazole rings is 1. The number of anilines is 4. The van der Waals surface area contributed by atoms with Crippen molar-refractivity contribution in [2.75, 3.05) is 36.2 Å². The van der Waals surface area contributed by atoms with Gasteiger partial charge in [0.25, 0.3) is 5.91 Å². The first-order chi connectivity index (χ1) is 26.8. The Labute approximate surface area is 320 Å². The van der Waals surface area contributed by atoms with E-state index in [-0.39, 0.29) is 17.5 Å². The SMILES string of the molecule is COC(=O)[C@H](CNC(=O)C(=O)Nc1ccc(-c2ncco2)cc1)NC(=O)c1ccc(Nc2nc(NC3(c4ccc(Cl)cc4)CC3)nc(OCC(F)(F)F)n2)cc1. The molecule has 0 unspecified atom stereocenters. The van der Waals surface area contributed by atoms with E-state index in [4.69, 9.17) is 25.5 Å². The van der Waals surface area contributed by atoms with Crippen molar-refractivity contribution in [2.24, 2.45) is 0 Å². The fraction of sp³-hybridized carbons (Fsp3) is 0.222. The van der Waals surface area contributed by atoms with Crippen LogP contribution in [0.1, 0.15) is 28.8 Å². The Morgan fingerprint density at radius 1 is 0.893 bits per heavy atom. The van der Waals surface area contributed by atoms with Crippen molar-refractivity contribution in [3.05, 3.63) is 101 Å². The van der Waals surface area contributed by atoms with Crippen molar-refractivity contribution in [3.8, 4) is 17.5 Å². The average Bonchev–Trinajstić information content (AvgIpc) is 3.74. The highest BCUT2D eigenvalue weighted by Gasteiger charge is 2.45. The van der Waals surface area contributed by atoms with Gasteiger partial charge in [0.1, 0.15) is 12.3 Å². The summed E-state index contributed by atoms with van der Waals surface area (Å²) in [4.78, 5) is 66.9. The second-order valence-corrected chi connectivity index (χ2v) is 12.6. The number of amides is 3. The molecule has 5 aromatic rings. The largest absolute Gasteiger partial charge is 0.467 e. The lowest BCUT2D eigenvalue weighted by Gasteiger charge is -2.19. The molecule has 0 aliphatic heterocycles. The minimum Gasteiger partial charge on any atom is -0.467 e. The van der Waals surface area contributed by atoms with Crippen molar-refractivity contribution in [2.45, 2.75) is 30.6 Å². The first kappa shape index (κ1) is 38.9. The molecule has 1 aliphatic rings. The molecular formula is C36H31ClF3N9O7. The lowest BCUT2D eigenvalue weighted by atomic mass is 10.1. The number of carbonyl (C=O) groups is 4. The quantitative estimate of drug-likeness (QED) is 0.0742. The van der Waals surface area contributed by atoms with Crippen molar-refractivity contribution in [1.82, 2.24) is 30.6 Å². The number of hydrogen-bond donors (Lipinski definition) is 5. The highest BCUT2D eigenvalue weighted by molar-refractivity contribution is 6.39. The predicted octanol–water partition coefficient (Wildman–Crippen LogP) is 4.99. The minimum absolute atomic E-state index is 0.0425. The first-order valence-electron chi connectivity index (χ1n) is 16.6. The van der Waals surface area contributed by atoms with Crippen LogP contribution in [0.3, 0.4) is 0 Å². The lowest BCUT2D eigenvalue weighted by Crippen LogP contribution is -2.50. The van der Waals surface area contributed by atoms with Crippen LogP contribution in [-0.2, 0) is 24.7 Å². The van der Waals surface area contributed by atoms with Gasteiger partial charge in [0.15, 0.2) is 6.61 Å². The number of methoxy groups -OCH3 is 1. The summed E-state index contributed by atoms with van der Waals surface area (Å²) in [6.45, 7) is -2.12. The van der Waals surface area contributed by atoms with Crippen LogP contribution in [-0.4, -0.2) is 76.1 Å². The number of carbonyl (C=O) groups excluding carboxylic acids is 4. The number of hydrogen-bond acceptors (Lipinski definition) is 13. The van der Waals surface area contributed by atoms with Crippen LogP contribution in [0.15, 0.2) is 89.7 Å². The summed E-state index contributed by atoms with van der Waals surface area (Å²) in [5.74, 6) is -3.56. The Morgan fingerprint density at radius 3 is 2.20 bits per heavy atom. The third-order valence-corrected chi connectivity index (χ3v) is 8.42. The van der Waals surface area contributed by atoms with Crippen LogP contribution in [0.25, 0.3) is 11.5 Å². The standard InChI is InChI=1S/C36H31ClF3N9O7/c1-54-31(53)26(18-42-28(51)29(52)43-24-12-4-21(5-13-24)30-41-16-17-55-30)45-27(50)20-2-10-25(11-3-20)44-32-46-33(48-34(47-32)56-19-36(38,39)40)49-35(14-15-35)22-6-8-23(37)9-7-22/h2-13,16-17,26H,14-15,18-19H2,1H3,(H,42,51)(H,43,52)(H,45,50)(H2,44,46,47,48,49)/t26-/m0/s1. The molecule has 0 bridgehead atoms. The number of nitrogens with one attached hydrogen (secondary N) is 5. The smallest absolute Gasteiger partial charge is 0.422 e. The van der Waals surface area contributed by atoms with Gasteiger partial charge in [-0.25, -0.2) is 9.78 Å². The zero-order valence-corrected chi connectivity index (χ0v) is 29.9. The number of ether oxygens (including phenoxy) is 2. The Bertz CT molecular complexity index is 2190. The van der Waals surface area contributed by atoms with Crippen molar-refractivity contribution in [1.29, 1.82) is 0 Å².